The Morgan fingerprint density at radius 1 is 0.840 bits per heavy atom. The van der Waals surface area contributed by atoms with E-state index in [1.165, 1.54) is 51.4 Å². The molecule has 0 aromatic heterocycles. The van der Waals surface area contributed by atoms with Crippen molar-refractivity contribution in [2.24, 2.45) is 0 Å². The average Bonchev–Trinajstić information content (AvgIpc) is 2.58. The third kappa shape index (κ3) is 17.7. The van der Waals surface area contributed by atoms with Crippen LogP contribution >= 0.6 is 0 Å². The molecule has 148 valence electrons. The molecule has 0 bridgehead atoms. The SMILES string of the molecule is CCCCCCCC/C=C\CCCCCCCC(=O)OC(O)(O)CO. The Morgan fingerprint density at radius 2 is 1.32 bits per heavy atom. The van der Waals surface area contributed by atoms with Crippen LogP contribution in [-0.4, -0.2) is 33.9 Å². The lowest BCUT2D eigenvalue weighted by atomic mass is 10.1. The summed E-state index contributed by atoms with van der Waals surface area (Å²) in [6, 6.07) is 0. The summed E-state index contributed by atoms with van der Waals surface area (Å²) < 4.78 is 4.32. The molecule has 0 saturated heterocycles. The van der Waals surface area contributed by atoms with Gasteiger partial charge in [-0.3, -0.25) is 4.79 Å². The maximum Gasteiger partial charge on any atom is 0.348 e. The molecule has 0 aliphatic carbocycles. The monoisotopic (exact) mass is 358 g/mol. The molecule has 3 N–H and O–H groups in total. The summed E-state index contributed by atoms with van der Waals surface area (Å²) in [7, 11) is 0. The number of allylic oxidation sites excluding steroid dienone is 2. The second-order valence-corrected chi connectivity index (χ2v) is 6.71. The molecule has 5 heteroatoms. The van der Waals surface area contributed by atoms with Gasteiger partial charge < -0.3 is 20.1 Å². The molecule has 0 spiro atoms. The van der Waals surface area contributed by atoms with Crippen LogP contribution < -0.4 is 0 Å². The summed E-state index contributed by atoms with van der Waals surface area (Å²) in [5.74, 6) is -3.45. The van der Waals surface area contributed by atoms with E-state index in [0.29, 0.717) is 6.42 Å². The van der Waals surface area contributed by atoms with Gasteiger partial charge in [-0.25, -0.2) is 0 Å². The number of carbonyl (C=O) groups excluding carboxylic acids is 1. The number of aliphatic hydroxyl groups is 3. The molecule has 25 heavy (non-hydrogen) atoms. The van der Waals surface area contributed by atoms with Gasteiger partial charge in [0.25, 0.3) is 0 Å². The van der Waals surface area contributed by atoms with E-state index in [1.54, 1.807) is 0 Å². The molecule has 5 nitrogen and oxygen atoms in total. The molecule has 0 radical (unpaired) electrons. The zero-order chi connectivity index (χ0) is 18.8. The van der Waals surface area contributed by atoms with Gasteiger partial charge in [0, 0.05) is 6.42 Å². The fraction of sp³-hybridized carbons (Fsp3) is 0.850. The third-order valence-electron chi connectivity index (χ3n) is 4.13. The van der Waals surface area contributed by atoms with Crippen LogP contribution in [0.5, 0.6) is 0 Å². The van der Waals surface area contributed by atoms with Gasteiger partial charge in [-0.1, -0.05) is 70.4 Å². The van der Waals surface area contributed by atoms with E-state index in [-0.39, 0.29) is 6.42 Å². The Labute approximate surface area is 153 Å². The maximum atomic E-state index is 11.3. The van der Waals surface area contributed by atoms with Crippen LogP contribution in [0.4, 0.5) is 0 Å². The lowest BCUT2D eigenvalue weighted by molar-refractivity contribution is -0.332. The van der Waals surface area contributed by atoms with Crippen LogP contribution in [0.1, 0.15) is 96.8 Å². The summed E-state index contributed by atoms with van der Waals surface area (Å²) in [6.45, 7) is 1.22. The van der Waals surface area contributed by atoms with E-state index in [0.717, 1.165) is 25.7 Å². The molecule has 0 aliphatic rings. The van der Waals surface area contributed by atoms with Crippen molar-refractivity contribution in [3.63, 3.8) is 0 Å². The van der Waals surface area contributed by atoms with Gasteiger partial charge in [0.05, 0.1) is 0 Å². The van der Waals surface area contributed by atoms with Gasteiger partial charge >= 0.3 is 11.9 Å². The number of esters is 1. The fourth-order valence-electron chi connectivity index (χ4n) is 2.61. The van der Waals surface area contributed by atoms with E-state index in [1.807, 2.05) is 0 Å². The highest BCUT2D eigenvalue weighted by Crippen LogP contribution is 2.11. The van der Waals surface area contributed by atoms with Crippen LogP contribution in [-0.2, 0) is 9.53 Å². The predicted molar refractivity (Wildman–Crippen MR) is 99.8 cm³/mol. The minimum absolute atomic E-state index is 0.140. The Morgan fingerprint density at radius 3 is 1.84 bits per heavy atom. The molecule has 0 aliphatic heterocycles. The highest BCUT2D eigenvalue weighted by molar-refractivity contribution is 5.69. The van der Waals surface area contributed by atoms with Crippen molar-refractivity contribution in [2.45, 2.75) is 103 Å². The van der Waals surface area contributed by atoms with E-state index in [2.05, 4.69) is 23.8 Å². The Kier molecular flexibility index (Phi) is 16.0. The van der Waals surface area contributed by atoms with Gasteiger partial charge in [-0.05, 0) is 32.1 Å². The predicted octanol–water partition coefficient (Wildman–Crippen LogP) is 4.20. The van der Waals surface area contributed by atoms with Crippen LogP contribution in [0, 0.1) is 0 Å². The standard InChI is InChI=1S/C20H38O5/c1-2-3-4-5-6-7-8-9-10-11-12-13-14-15-16-17-19(22)25-20(23,24)18-21/h9-10,21,23-24H,2-8,11-18H2,1H3/b10-9-. The number of hydrogen-bond acceptors (Lipinski definition) is 5. The highest BCUT2D eigenvalue weighted by atomic mass is 16.8. The molecule has 0 atom stereocenters. The lowest BCUT2D eigenvalue weighted by Gasteiger charge is -2.18. The zero-order valence-corrected chi connectivity index (χ0v) is 15.9. The van der Waals surface area contributed by atoms with Crippen molar-refractivity contribution in [1.82, 2.24) is 0 Å². The summed E-state index contributed by atoms with van der Waals surface area (Å²) in [4.78, 5) is 11.3. The van der Waals surface area contributed by atoms with Gasteiger partial charge in [0.1, 0.15) is 6.61 Å². The van der Waals surface area contributed by atoms with E-state index in [9.17, 15) is 4.79 Å². The highest BCUT2D eigenvalue weighted by Gasteiger charge is 2.26. The first-order chi connectivity index (χ1) is 12.0. The number of aliphatic hydroxyl groups excluding tert-OH is 1. The van der Waals surface area contributed by atoms with Crippen molar-refractivity contribution in [2.75, 3.05) is 6.61 Å². The fourth-order valence-corrected chi connectivity index (χ4v) is 2.61. The van der Waals surface area contributed by atoms with Crippen LogP contribution in [0.3, 0.4) is 0 Å². The Bertz CT molecular complexity index is 339. The number of hydrogen-bond donors (Lipinski definition) is 3. The number of rotatable bonds is 17. The first-order valence-electron chi connectivity index (χ1n) is 9.94. The summed E-state index contributed by atoms with van der Waals surface area (Å²) in [5, 5.41) is 26.5. The summed E-state index contributed by atoms with van der Waals surface area (Å²) >= 11 is 0. The van der Waals surface area contributed by atoms with Crippen molar-refractivity contribution in [3.05, 3.63) is 12.2 Å². The minimum atomic E-state index is -2.75. The molecular formula is C20H38O5. The van der Waals surface area contributed by atoms with Crippen molar-refractivity contribution < 1.29 is 24.9 Å². The van der Waals surface area contributed by atoms with E-state index >= 15 is 0 Å². The van der Waals surface area contributed by atoms with E-state index < -0.39 is 18.5 Å². The van der Waals surface area contributed by atoms with Crippen LogP contribution in [0.15, 0.2) is 12.2 Å². The normalized spacial score (nSPS) is 12.0. The minimum Gasteiger partial charge on any atom is -0.406 e. The Hall–Kier alpha value is -0.910. The van der Waals surface area contributed by atoms with Crippen LogP contribution in [0.25, 0.3) is 0 Å². The quantitative estimate of drug-likeness (QED) is 0.157. The summed E-state index contributed by atoms with van der Waals surface area (Å²) in [5.41, 5.74) is 0. The van der Waals surface area contributed by atoms with Gasteiger partial charge in [-0.2, -0.15) is 0 Å². The Balaban J connectivity index is 3.30. The largest absolute Gasteiger partial charge is 0.406 e. The number of unbranched alkanes of at least 4 members (excludes halogenated alkanes) is 11. The van der Waals surface area contributed by atoms with Gasteiger partial charge in [0.2, 0.25) is 0 Å². The summed E-state index contributed by atoms with van der Waals surface area (Å²) in [6.07, 6.45) is 20.0. The third-order valence-corrected chi connectivity index (χ3v) is 4.13. The number of ether oxygens (including phenoxy) is 1. The molecule has 0 amide bonds. The molecule has 0 unspecified atom stereocenters. The molecule has 0 saturated carbocycles. The van der Waals surface area contributed by atoms with Crippen LogP contribution in [0.2, 0.25) is 0 Å². The molecule has 0 fully saturated rings. The smallest absolute Gasteiger partial charge is 0.348 e. The molecular weight excluding hydrogens is 320 g/mol. The molecule has 0 heterocycles. The molecule has 0 aromatic carbocycles. The first-order valence-corrected chi connectivity index (χ1v) is 9.94. The second-order valence-electron chi connectivity index (χ2n) is 6.71. The maximum absolute atomic E-state index is 11.3. The van der Waals surface area contributed by atoms with Gasteiger partial charge in [-0.15, -0.1) is 0 Å². The average molecular weight is 359 g/mol. The molecule has 0 rings (SSSR count). The second kappa shape index (κ2) is 16.6. The van der Waals surface area contributed by atoms with Crippen molar-refractivity contribution >= 4 is 5.97 Å². The zero-order valence-electron chi connectivity index (χ0n) is 15.9. The van der Waals surface area contributed by atoms with Gasteiger partial charge in [0.15, 0.2) is 0 Å². The van der Waals surface area contributed by atoms with E-state index in [4.69, 9.17) is 15.3 Å². The van der Waals surface area contributed by atoms with Crippen molar-refractivity contribution in [3.8, 4) is 0 Å². The number of carbonyl (C=O) groups is 1. The first kappa shape index (κ1) is 24.1. The lowest BCUT2D eigenvalue weighted by Crippen LogP contribution is -2.38. The van der Waals surface area contributed by atoms with Crippen molar-refractivity contribution in [1.29, 1.82) is 0 Å². The molecule has 0 aromatic rings. The topological polar surface area (TPSA) is 87.0 Å².